The first-order valence-electron chi connectivity index (χ1n) is 9.29. The summed E-state index contributed by atoms with van der Waals surface area (Å²) in [5.74, 6) is 0.183. The molecule has 0 bridgehead atoms. The molecule has 0 aliphatic heterocycles. The third kappa shape index (κ3) is 5.08. The number of rotatable bonds is 8. The number of carbonyl (C=O) groups is 1. The molecular formula is C22H22ClN3O2S. The molecule has 0 unspecified atom stereocenters. The van der Waals surface area contributed by atoms with Crippen LogP contribution in [0.3, 0.4) is 0 Å². The molecule has 150 valence electrons. The molecule has 0 aliphatic carbocycles. The largest absolute Gasteiger partial charge is 0.338 e. The average molecular weight is 428 g/mol. The highest BCUT2D eigenvalue weighted by Gasteiger charge is 2.16. The van der Waals surface area contributed by atoms with Gasteiger partial charge in [0.25, 0.3) is 5.56 Å². The second-order valence-corrected chi connectivity index (χ2v) is 7.82. The van der Waals surface area contributed by atoms with Crippen LogP contribution in [0.5, 0.6) is 0 Å². The number of halogens is 1. The molecule has 0 N–H and O–H groups in total. The zero-order valence-electron chi connectivity index (χ0n) is 16.2. The standard InChI is InChI=1S/C22H22ClN3O2S/c1-3-12-26-21(28)18-11-10-17(23)13-19(18)24-22(26)29-15-20(27)25(4-2)14-16-8-6-5-7-9-16/h3,5-11,13H,1,4,12,14-15H2,2H3. The van der Waals surface area contributed by atoms with Crippen LogP contribution in [-0.2, 0) is 17.9 Å². The number of aromatic nitrogens is 2. The molecule has 3 aromatic rings. The van der Waals surface area contributed by atoms with Crippen molar-refractivity contribution in [3.8, 4) is 0 Å². The van der Waals surface area contributed by atoms with E-state index in [-0.39, 0.29) is 17.2 Å². The summed E-state index contributed by atoms with van der Waals surface area (Å²) < 4.78 is 1.54. The number of carbonyl (C=O) groups excluding carboxylic acids is 1. The summed E-state index contributed by atoms with van der Waals surface area (Å²) in [5, 5.41) is 1.48. The van der Waals surface area contributed by atoms with E-state index in [1.165, 1.54) is 16.3 Å². The molecule has 3 rings (SSSR count). The van der Waals surface area contributed by atoms with Crippen LogP contribution >= 0.6 is 23.4 Å². The summed E-state index contributed by atoms with van der Waals surface area (Å²) >= 11 is 7.31. The van der Waals surface area contributed by atoms with Gasteiger partial charge in [-0.25, -0.2) is 4.98 Å². The minimum absolute atomic E-state index is 0.00746. The fourth-order valence-electron chi connectivity index (χ4n) is 2.97. The Morgan fingerprint density at radius 2 is 2.03 bits per heavy atom. The Labute approximate surface area is 179 Å². The molecule has 29 heavy (non-hydrogen) atoms. The monoisotopic (exact) mass is 427 g/mol. The van der Waals surface area contributed by atoms with Crippen molar-refractivity contribution < 1.29 is 4.79 Å². The highest BCUT2D eigenvalue weighted by Crippen LogP contribution is 2.21. The molecule has 0 radical (unpaired) electrons. The molecule has 2 aromatic carbocycles. The van der Waals surface area contributed by atoms with Crippen LogP contribution in [-0.4, -0.2) is 32.7 Å². The SMILES string of the molecule is C=CCn1c(SCC(=O)N(CC)Cc2ccccc2)nc2cc(Cl)ccc2c1=O. The van der Waals surface area contributed by atoms with Crippen molar-refractivity contribution in [2.45, 2.75) is 25.2 Å². The Kier molecular flexibility index (Phi) is 7.12. The highest BCUT2D eigenvalue weighted by molar-refractivity contribution is 7.99. The first-order valence-corrected chi connectivity index (χ1v) is 10.6. The summed E-state index contributed by atoms with van der Waals surface area (Å²) in [6.45, 7) is 7.16. The van der Waals surface area contributed by atoms with E-state index >= 15 is 0 Å². The summed E-state index contributed by atoms with van der Waals surface area (Å²) in [5.41, 5.74) is 1.43. The average Bonchev–Trinajstić information content (AvgIpc) is 2.73. The molecule has 1 heterocycles. The quantitative estimate of drug-likeness (QED) is 0.304. The Morgan fingerprint density at radius 1 is 1.28 bits per heavy atom. The fourth-order valence-corrected chi connectivity index (χ4v) is 4.05. The van der Waals surface area contributed by atoms with Crippen LogP contribution in [0.1, 0.15) is 12.5 Å². The van der Waals surface area contributed by atoms with E-state index < -0.39 is 0 Å². The van der Waals surface area contributed by atoms with Gasteiger partial charge in [-0.3, -0.25) is 14.2 Å². The Balaban J connectivity index is 1.83. The predicted octanol–water partition coefficient (Wildman–Crippen LogP) is 4.38. The molecule has 5 nitrogen and oxygen atoms in total. The van der Waals surface area contributed by atoms with Crippen LogP contribution in [0.4, 0.5) is 0 Å². The number of benzene rings is 2. The lowest BCUT2D eigenvalue weighted by molar-refractivity contribution is -0.128. The second-order valence-electron chi connectivity index (χ2n) is 6.44. The Hall–Kier alpha value is -2.57. The van der Waals surface area contributed by atoms with E-state index in [1.807, 2.05) is 37.3 Å². The molecule has 1 amide bonds. The minimum atomic E-state index is -0.168. The Bertz CT molecular complexity index is 1080. The van der Waals surface area contributed by atoms with Crippen molar-refractivity contribution in [3.05, 3.63) is 82.1 Å². The molecule has 7 heteroatoms. The second kappa shape index (κ2) is 9.76. The van der Waals surface area contributed by atoms with Crippen molar-refractivity contribution in [1.29, 1.82) is 0 Å². The number of hydrogen-bond acceptors (Lipinski definition) is 4. The minimum Gasteiger partial charge on any atom is -0.338 e. The van der Waals surface area contributed by atoms with E-state index in [2.05, 4.69) is 11.6 Å². The summed E-state index contributed by atoms with van der Waals surface area (Å²) in [6, 6.07) is 14.9. The third-order valence-electron chi connectivity index (χ3n) is 4.47. The van der Waals surface area contributed by atoms with Gasteiger partial charge in [-0.1, -0.05) is 59.8 Å². The van der Waals surface area contributed by atoms with Gasteiger partial charge in [0.05, 0.1) is 16.7 Å². The highest BCUT2D eigenvalue weighted by atomic mass is 35.5. The molecule has 0 atom stereocenters. The molecule has 0 saturated carbocycles. The first-order chi connectivity index (χ1) is 14.0. The fraction of sp³-hybridized carbons (Fsp3) is 0.227. The molecule has 1 aromatic heterocycles. The number of amides is 1. The van der Waals surface area contributed by atoms with Crippen molar-refractivity contribution in [2.24, 2.45) is 0 Å². The molecule has 0 spiro atoms. The van der Waals surface area contributed by atoms with Crippen molar-refractivity contribution >= 4 is 40.2 Å². The molecule has 0 fully saturated rings. The van der Waals surface area contributed by atoms with E-state index in [0.29, 0.717) is 40.7 Å². The predicted molar refractivity (Wildman–Crippen MR) is 119 cm³/mol. The van der Waals surface area contributed by atoms with E-state index in [9.17, 15) is 9.59 Å². The van der Waals surface area contributed by atoms with Gasteiger partial charge < -0.3 is 4.90 Å². The van der Waals surface area contributed by atoms with Crippen LogP contribution < -0.4 is 5.56 Å². The van der Waals surface area contributed by atoms with Gasteiger partial charge in [-0.2, -0.15) is 0 Å². The van der Waals surface area contributed by atoms with Gasteiger partial charge in [0.1, 0.15) is 0 Å². The maximum absolute atomic E-state index is 12.8. The zero-order valence-corrected chi connectivity index (χ0v) is 17.7. The maximum atomic E-state index is 12.8. The van der Waals surface area contributed by atoms with Crippen molar-refractivity contribution in [2.75, 3.05) is 12.3 Å². The maximum Gasteiger partial charge on any atom is 0.262 e. The number of nitrogens with zero attached hydrogens (tertiary/aromatic N) is 3. The zero-order chi connectivity index (χ0) is 20.8. The van der Waals surface area contributed by atoms with Gasteiger partial charge >= 0.3 is 0 Å². The number of fused-ring (bicyclic) bond motifs is 1. The van der Waals surface area contributed by atoms with Gasteiger partial charge in [-0.05, 0) is 30.7 Å². The van der Waals surface area contributed by atoms with Crippen LogP contribution in [0, 0.1) is 0 Å². The lowest BCUT2D eigenvalue weighted by Gasteiger charge is -2.21. The van der Waals surface area contributed by atoms with Gasteiger partial charge in [0.2, 0.25) is 5.91 Å². The van der Waals surface area contributed by atoms with Crippen LogP contribution in [0.2, 0.25) is 5.02 Å². The Morgan fingerprint density at radius 3 is 2.72 bits per heavy atom. The summed E-state index contributed by atoms with van der Waals surface area (Å²) in [4.78, 5) is 32.0. The third-order valence-corrected chi connectivity index (χ3v) is 5.67. The van der Waals surface area contributed by atoms with Crippen molar-refractivity contribution in [3.63, 3.8) is 0 Å². The van der Waals surface area contributed by atoms with E-state index in [4.69, 9.17) is 11.6 Å². The van der Waals surface area contributed by atoms with Gasteiger partial charge in [0.15, 0.2) is 5.16 Å². The van der Waals surface area contributed by atoms with Crippen LogP contribution in [0.15, 0.2) is 71.1 Å². The smallest absolute Gasteiger partial charge is 0.262 e. The van der Waals surface area contributed by atoms with Gasteiger partial charge in [-0.15, -0.1) is 6.58 Å². The van der Waals surface area contributed by atoms with Crippen molar-refractivity contribution in [1.82, 2.24) is 14.5 Å². The normalized spacial score (nSPS) is 10.8. The first kappa shape index (κ1) is 21.1. The number of allylic oxidation sites excluding steroid dienone is 1. The topological polar surface area (TPSA) is 55.2 Å². The number of thioether (sulfide) groups is 1. The summed E-state index contributed by atoms with van der Waals surface area (Å²) in [7, 11) is 0. The molecule has 0 aliphatic rings. The number of hydrogen-bond donors (Lipinski definition) is 0. The molecular weight excluding hydrogens is 406 g/mol. The van der Waals surface area contributed by atoms with Crippen LogP contribution in [0.25, 0.3) is 10.9 Å². The summed E-state index contributed by atoms with van der Waals surface area (Å²) in [6.07, 6.45) is 1.64. The van der Waals surface area contributed by atoms with E-state index in [1.54, 1.807) is 29.2 Å². The molecule has 0 saturated heterocycles. The van der Waals surface area contributed by atoms with Gasteiger partial charge in [0, 0.05) is 24.7 Å². The van der Waals surface area contributed by atoms with E-state index in [0.717, 1.165) is 5.56 Å². The lowest BCUT2D eigenvalue weighted by atomic mass is 10.2. The lowest BCUT2D eigenvalue weighted by Crippen LogP contribution is -2.32.